The van der Waals surface area contributed by atoms with Crippen molar-refractivity contribution < 1.29 is 4.74 Å². The van der Waals surface area contributed by atoms with Crippen molar-refractivity contribution >= 4 is 0 Å². The van der Waals surface area contributed by atoms with Gasteiger partial charge in [-0.15, -0.1) is 0 Å². The van der Waals surface area contributed by atoms with Gasteiger partial charge in [0.2, 0.25) is 0 Å². The second-order valence-electron chi connectivity index (χ2n) is 4.11. The molecule has 1 aromatic carbocycles. The average Bonchev–Trinajstić information content (AvgIpc) is 2.30. The largest absolute Gasteiger partial charge is 0.493 e. The Balaban J connectivity index is 0.000000606. The molecule has 0 aromatic heterocycles. The summed E-state index contributed by atoms with van der Waals surface area (Å²) >= 11 is 0. The van der Waals surface area contributed by atoms with Gasteiger partial charge in [-0.2, -0.15) is 0 Å². The molecule has 1 aromatic rings. The van der Waals surface area contributed by atoms with Gasteiger partial charge in [-0.3, -0.25) is 0 Å². The monoisotopic (exact) mass is 220 g/mol. The zero-order chi connectivity index (χ0) is 11.8. The van der Waals surface area contributed by atoms with Crippen LogP contribution >= 0.6 is 0 Å². The van der Waals surface area contributed by atoms with Crippen LogP contribution in [-0.4, -0.2) is 6.61 Å². The maximum absolute atomic E-state index is 5.75. The predicted molar refractivity (Wildman–Crippen MR) is 70.0 cm³/mol. The Morgan fingerprint density at radius 3 is 2.56 bits per heavy atom. The van der Waals surface area contributed by atoms with Crippen LogP contribution < -0.4 is 4.74 Å². The Morgan fingerprint density at radius 2 is 2.00 bits per heavy atom. The van der Waals surface area contributed by atoms with Crippen LogP contribution in [0.5, 0.6) is 5.75 Å². The molecule has 0 atom stereocenters. The predicted octanol–water partition coefficient (Wildman–Crippen LogP) is 4.45. The Morgan fingerprint density at radius 1 is 1.25 bits per heavy atom. The highest BCUT2D eigenvalue weighted by molar-refractivity contribution is 5.28. The molecule has 1 aliphatic rings. The quantitative estimate of drug-likeness (QED) is 0.728. The van der Waals surface area contributed by atoms with Gasteiger partial charge in [0.15, 0.2) is 0 Å². The lowest BCUT2D eigenvalue weighted by Crippen LogP contribution is -2.19. The summed E-state index contributed by atoms with van der Waals surface area (Å²) in [6, 6.07) is 8.43. The number of hydrogen-bond donors (Lipinski definition) is 0. The molecule has 1 fully saturated rings. The van der Waals surface area contributed by atoms with Gasteiger partial charge in [-0.1, -0.05) is 39.3 Å². The summed E-state index contributed by atoms with van der Waals surface area (Å²) in [6.07, 6.45) is 5.19. The van der Waals surface area contributed by atoms with E-state index in [0.29, 0.717) is 0 Å². The van der Waals surface area contributed by atoms with Crippen LogP contribution in [0.4, 0.5) is 0 Å². The van der Waals surface area contributed by atoms with Gasteiger partial charge in [-0.25, -0.2) is 0 Å². The van der Waals surface area contributed by atoms with Gasteiger partial charge in [0.1, 0.15) is 5.75 Å². The van der Waals surface area contributed by atoms with E-state index in [1.54, 1.807) is 0 Å². The maximum Gasteiger partial charge on any atom is 0.119 e. The molecule has 1 aliphatic carbocycles. The summed E-state index contributed by atoms with van der Waals surface area (Å²) in [4.78, 5) is 0. The molecule has 2 rings (SSSR count). The summed E-state index contributed by atoms with van der Waals surface area (Å²) in [5.74, 6) is 1.86. The zero-order valence-corrected chi connectivity index (χ0v) is 10.8. The summed E-state index contributed by atoms with van der Waals surface area (Å²) < 4.78 is 5.75. The third-order valence-electron chi connectivity index (χ3n) is 3.02. The maximum atomic E-state index is 5.75. The van der Waals surface area contributed by atoms with Crippen molar-refractivity contribution in [3.8, 4) is 5.75 Å². The van der Waals surface area contributed by atoms with E-state index < -0.39 is 0 Å². The molecule has 16 heavy (non-hydrogen) atoms. The lowest BCUT2D eigenvalue weighted by Gasteiger charge is -2.25. The molecule has 0 spiro atoms. The SMILES string of the molecule is CC.CCc1cccc(OCC2CCC2)c1. The van der Waals surface area contributed by atoms with Crippen LogP contribution in [0.3, 0.4) is 0 Å². The van der Waals surface area contributed by atoms with Crippen molar-refractivity contribution in [2.75, 3.05) is 6.61 Å². The topological polar surface area (TPSA) is 9.23 Å². The van der Waals surface area contributed by atoms with Crippen molar-refractivity contribution in [3.63, 3.8) is 0 Å². The molecule has 0 heterocycles. The van der Waals surface area contributed by atoms with Crippen molar-refractivity contribution in [2.24, 2.45) is 5.92 Å². The van der Waals surface area contributed by atoms with E-state index >= 15 is 0 Å². The number of ether oxygens (including phenoxy) is 1. The second kappa shape index (κ2) is 7.32. The van der Waals surface area contributed by atoms with Gasteiger partial charge in [0.25, 0.3) is 0 Å². The van der Waals surface area contributed by atoms with Crippen LogP contribution in [0.15, 0.2) is 24.3 Å². The normalized spacial score (nSPS) is 14.7. The molecular formula is C15H24O. The molecule has 0 bridgehead atoms. The number of hydrogen-bond acceptors (Lipinski definition) is 1. The Labute approximate surface area is 99.8 Å². The van der Waals surface area contributed by atoms with Crippen LogP contribution in [0.1, 0.15) is 45.6 Å². The molecule has 0 saturated heterocycles. The first-order valence-corrected chi connectivity index (χ1v) is 6.60. The van der Waals surface area contributed by atoms with Gasteiger partial charge in [-0.05, 0) is 42.9 Å². The van der Waals surface area contributed by atoms with E-state index in [0.717, 1.165) is 24.7 Å². The average molecular weight is 220 g/mol. The Hall–Kier alpha value is -0.980. The van der Waals surface area contributed by atoms with Gasteiger partial charge in [0.05, 0.1) is 6.61 Å². The first-order chi connectivity index (χ1) is 7.88. The minimum atomic E-state index is 0.820. The standard InChI is InChI=1S/C13H18O.C2H6/c1-2-11-5-4-8-13(9-11)14-10-12-6-3-7-12;1-2/h4-5,8-9,12H,2-3,6-7,10H2,1H3;1-2H3. The number of rotatable bonds is 4. The minimum Gasteiger partial charge on any atom is -0.493 e. The zero-order valence-electron chi connectivity index (χ0n) is 10.8. The molecule has 1 nitrogen and oxygen atoms in total. The Kier molecular flexibility index (Phi) is 5.99. The van der Waals surface area contributed by atoms with Crippen LogP contribution in [-0.2, 0) is 6.42 Å². The molecule has 0 unspecified atom stereocenters. The smallest absolute Gasteiger partial charge is 0.119 e. The van der Waals surface area contributed by atoms with Gasteiger partial charge >= 0.3 is 0 Å². The first-order valence-electron chi connectivity index (χ1n) is 6.60. The highest BCUT2D eigenvalue weighted by atomic mass is 16.5. The van der Waals surface area contributed by atoms with Crippen LogP contribution in [0.2, 0.25) is 0 Å². The van der Waals surface area contributed by atoms with E-state index in [-0.39, 0.29) is 0 Å². The van der Waals surface area contributed by atoms with Crippen molar-refractivity contribution in [1.82, 2.24) is 0 Å². The lowest BCUT2D eigenvalue weighted by molar-refractivity contribution is 0.180. The fraction of sp³-hybridized carbons (Fsp3) is 0.600. The van der Waals surface area contributed by atoms with Crippen LogP contribution in [0, 0.1) is 5.92 Å². The van der Waals surface area contributed by atoms with Crippen molar-refractivity contribution in [2.45, 2.75) is 46.5 Å². The fourth-order valence-electron chi connectivity index (χ4n) is 1.73. The molecule has 0 radical (unpaired) electrons. The third kappa shape index (κ3) is 3.88. The second-order valence-corrected chi connectivity index (χ2v) is 4.11. The summed E-state index contributed by atoms with van der Waals surface area (Å²) in [6.45, 7) is 7.08. The summed E-state index contributed by atoms with van der Waals surface area (Å²) in [7, 11) is 0. The van der Waals surface area contributed by atoms with E-state index in [4.69, 9.17) is 4.74 Å². The molecule has 1 saturated carbocycles. The number of benzene rings is 1. The van der Waals surface area contributed by atoms with E-state index in [2.05, 4.69) is 31.2 Å². The highest BCUT2D eigenvalue weighted by Gasteiger charge is 2.17. The Bertz CT molecular complexity index is 289. The lowest BCUT2D eigenvalue weighted by atomic mass is 9.86. The molecule has 0 N–H and O–H groups in total. The third-order valence-corrected chi connectivity index (χ3v) is 3.02. The minimum absolute atomic E-state index is 0.820. The van der Waals surface area contributed by atoms with Crippen LogP contribution in [0.25, 0.3) is 0 Å². The number of aryl methyl sites for hydroxylation is 1. The van der Waals surface area contributed by atoms with Crippen molar-refractivity contribution in [1.29, 1.82) is 0 Å². The molecule has 0 amide bonds. The summed E-state index contributed by atoms with van der Waals surface area (Å²) in [5.41, 5.74) is 1.36. The van der Waals surface area contributed by atoms with Crippen molar-refractivity contribution in [3.05, 3.63) is 29.8 Å². The highest BCUT2D eigenvalue weighted by Crippen LogP contribution is 2.27. The summed E-state index contributed by atoms with van der Waals surface area (Å²) in [5, 5.41) is 0. The van der Waals surface area contributed by atoms with Gasteiger partial charge < -0.3 is 4.74 Å². The fourth-order valence-corrected chi connectivity index (χ4v) is 1.73. The molecule has 1 heteroatoms. The molecule has 0 aliphatic heterocycles. The van der Waals surface area contributed by atoms with E-state index in [1.807, 2.05) is 13.8 Å². The van der Waals surface area contributed by atoms with E-state index in [9.17, 15) is 0 Å². The molecular weight excluding hydrogens is 196 g/mol. The first kappa shape index (κ1) is 13.1. The van der Waals surface area contributed by atoms with Gasteiger partial charge in [0, 0.05) is 0 Å². The molecule has 90 valence electrons. The van der Waals surface area contributed by atoms with E-state index in [1.165, 1.54) is 24.8 Å².